The minimum atomic E-state index is -4.45. The first-order valence-corrected chi connectivity index (χ1v) is 6.89. The zero-order valence-corrected chi connectivity index (χ0v) is 11.9. The van der Waals surface area contributed by atoms with Crippen LogP contribution in [0, 0.1) is 5.92 Å². The molecule has 1 aliphatic heterocycles. The first kappa shape index (κ1) is 16.0. The number of hydrogen-bond donors (Lipinski definition) is 1. The molecule has 1 unspecified atom stereocenters. The van der Waals surface area contributed by atoms with E-state index < -0.39 is 11.9 Å². The SMILES string of the molecule is CC(CNc1nccc(C(F)(F)F)n1)CN1CCOCC1. The summed E-state index contributed by atoms with van der Waals surface area (Å²) in [7, 11) is 0. The molecule has 1 aromatic heterocycles. The van der Waals surface area contributed by atoms with Crippen LogP contribution in [0.4, 0.5) is 19.1 Å². The van der Waals surface area contributed by atoms with Gasteiger partial charge >= 0.3 is 6.18 Å². The second-order valence-corrected chi connectivity index (χ2v) is 5.16. The molecular weight excluding hydrogens is 285 g/mol. The number of hydrogen-bond acceptors (Lipinski definition) is 5. The molecule has 21 heavy (non-hydrogen) atoms. The standard InChI is InChI=1S/C13H19F3N4O/c1-10(9-20-4-6-21-7-5-20)8-18-12-17-3-2-11(19-12)13(14,15)16/h2-3,10H,4-9H2,1H3,(H,17,18,19). The van der Waals surface area contributed by atoms with Gasteiger partial charge in [0.05, 0.1) is 13.2 Å². The highest BCUT2D eigenvalue weighted by Gasteiger charge is 2.32. The van der Waals surface area contributed by atoms with E-state index >= 15 is 0 Å². The Balaban J connectivity index is 1.82. The molecule has 1 aromatic rings. The molecule has 0 spiro atoms. The van der Waals surface area contributed by atoms with Gasteiger partial charge in [0.15, 0.2) is 0 Å². The number of nitrogens with one attached hydrogen (secondary N) is 1. The molecule has 2 rings (SSSR count). The van der Waals surface area contributed by atoms with Crippen molar-refractivity contribution in [3.8, 4) is 0 Å². The third-order valence-corrected chi connectivity index (χ3v) is 3.23. The molecule has 0 bridgehead atoms. The van der Waals surface area contributed by atoms with Crippen molar-refractivity contribution in [3.05, 3.63) is 18.0 Å². The van der Waals surface area contributed by atoms with E-state index in [0.717, 1.165) is 45.1 Å². The number of ether oxygens (including phenoxy) is 1. The smallest absolute Gasteiger partial charge is 0.379 e. The lowest BCUT2D eigenvalue weighted by Gasteiger charge is -2.29. The summed E-state index contributed by atoms with van der Waals surface area (Å²) in [6.07, 6.45) is -3.33. The molecule has 1 saturated heterocycles. The summed E-state index contributed by atoms with van der Waals surface area (Å²) in [4.78, 5) is 9.58. The monoisotopic (exact) mass is 304 g/mol. The predicted octanol–water partition coefficient (Wildman–Crippen LogP) is 1.88. The summed E-state index contributed by atoms with van der Waals surface area (Å²) >= 11 is 0. The van der Waals surface area contributed by atoms with Gasteiger partial charge in [-0.2, -0.15) is 13.2 Å². The molecule has 0 radical (unpaired) electrons. The van der Waals surface area contributed by atoms with Crippen molar-refractivity contribution in [2.75, 3.05) is 44.7 Å². The van der Waals surface area contributed by atoms with Crippen LogP contribution < -0.4 is 5.32 Å². The van der Waals surface area contributed by atoms with Crippen LogP contribution in [0.2, 0.25) is 0 Å². The van der Waals surface area contributed by atoms with Crippen molar-refractivity contribution in [3.63, 3.8) is 0 Å². The summed E-state index contributed by atoms with van der Waals surface area (Å²) < 4.78 is 42.9. The van der Waals surface area contributed by atoms with E-state index in [1.807, 2.05) is 6.92 Å². The van der Waals surface area contributed by atoms with Gasteiger partial charge in [0.25, 0.3) is 0 Å². The Morgan fingerprint density at radius 1 is 1.38 bits per heavy atom. The van der Waals surface area contributed by atoms with Crippen LogP contribution in [0.15, 0.2) is 12.3 Å². The van der Waals surface area contributed by atoms with Gasteiger partial charge in [-0.05, 0) is 12.0 Å². The summed E-state index contributed by atoms with van der Waals surface area (Å²) in [5.74, 6) is 0.292. The van der Waals surface area contributed by atoms with E-state index in [1.54, 1.807) is 0 Å². The maximum absolute atomic E-state index is 12.5. The number of alkyl halides is 3. The lowest BCUT2D eigenvalue weighted by Crippen LogP contribution is -2.40. The van der Waals surface area contributed by atoms with Crippen molar-refractivity contribution >= 4 is 5.95 Å². The van der Waals surface area contributed by atoms with Gasteiger partial charge in [0, 0.05) is 32.4 Å². The summed E-state index contributed by atoms with van der Waals surface area (Å²) in [5, 5.41) is 2.87. The lowest BCUT2D eigenvalue weighted by molar-refractivity contribution is -0.141. The number of halogens is 3. The van der Waals surface area contributed by atoms with Crippen LogP contribution in [-0.4, -0.2) is 54.3 Å². The van der Waals surface area contributed by atoms with Crippen LogP contribution in [0.1, 0.15) is 12.6 Å². The molecule has 1 aliphatic rings. The molecular formula is C13H19F3N4O. The van der Waals surface area contributed by atoms with Gasteiger partial charge in [-0.15, -0.1) is 0 Å². The summed E-state index contributed by atoms with van der Waals surface area (Å²) in [6.45, 7) is 6.69. The average Bonchev–Trinajstić information content (AvgIpc) is 2.46. The van der Waals surface area contributed by atoms with E-state index in [9.17, 15) is 13.2 Å². The Hall–Kier alpha value is -1.41. The Bertz CT molecular complexity index is 449. The minimum Gasteiger partial charge on any atom is -0.379 e. The molecule has 1 fully saturated rings. The fourth-order valence-electron chi connectivity index (χ4n) is 2.16. The molecule has 0 saturated carbocycles. The van der Waals surface area contributed by atoms with Gasteiger partial charge in [-0.1, -0.05) is 6.92 Å². The molecule has 0 amide bonds. The largest absolute Gasteiger partial charge is 0.433 e. The zero-order chi connectivity index (χ0) is 15.3. The number of aromatic nitrogens is 2. The van der Waals surface area contributed by atoms with Gasteiger partial charge in [0.1, 0.15) is 5.69 Å². The van der Waals surface area contributed by atoms with Gasteiger partial charge in [0.2, 0.25) is 5.95 Å². The molecule has 1 N–H and O–H groups in total. The Kier molecular flexibility index (Phi) is 5.35. The Labute approximate surface area is 121 Å². The molecule has 8 heteroatoms. The molecule has 2 heterocycles. The maximum Gasteiger partial charge on any atom is 0.433 e. The van der Waals surface area contributed by atoms with Crippen molar-refractivity contribution in [2.24, 2.45) is 5.92 Å². The summed E-state index contributed by atoms with van der Waals surface area (Å²) in [5.41, 5.74) is -0.930. The van der Waals surface area contributed by atoms with Crippen LogP contribution in [0.25, 0.3) is 0 Å². The van der Waals surface area contributed by atoms with Gasteiger partial charge in [-0.3, -0.25) is 4.90 Å². The summed E-state index contributed by atoms with van der Waals surface area (Å²) in [6, 6.07) is 0.863. The Morgan fingerprint density at radius 3 is 2.76 bits per heavy atom. The average molecular weight is 304 g/mol. The van der Waals surface area contributed by atoms with Crippen LogP contribution in [0.3, 0.4) is 0 Å². The van der Waals surface area contributed by atoms with Crippen molar-refractivity contribution in [2.45, 2.75) is 13.1 Å². The lowest BCUT2D eigenvalue weighted by atomic mass is 10.1. The van der Waals surface area contributed by atoms with Crippen LogP contribution >= 0.6 is 0 Å². The highest BCUT2D eigenvalue weighted by Crippen LogP contribution is 2.27. The molecule has 0 aliphatic carbocycles. The van der Waals surface area contributed by atoms with Crippen LogP contribution in [0.5, 0.6) is 0 Å². The molecule has 0 aromatic carbocycles. The second kappa shape index (κ2) is 7.04. The first-order valence-electron chi connectivity index (χ1n) is 6.89. The maximum atomic E-state index is 12.5. The third-order valence-electron chi connectivity index (χ3n) is 3.23. The van der Waals surface area contributed by atoms with E-state index in [2.05, 4.69) is 20.2 Å². The quantitative estimate of drug-likeness (QED) is 0.900. The third kappa shape index (κ3) is 5.13. The highest BCUT2D eigenvalue weighted by atomic mass is 19.4. The fraction of sp³-hybridized carbons (Fsp3) is 0.692. The van der Waals surface area contributed by atoms with E-state index in [-0.39, 0.29) is 11.9 Å². The predicted molar refractivity (Wildman–Crippen MR) is 71.9 cm³/mol. The number of anilines is 1. The first-order chi connectivity index (χ1) is 9.95. The van der Waals surface area contributed by atoms with Crippen molar-refractivity contribution in [1.82, 2.24) is 14.9 Å². The van der Waals surface area contributed by atoms with Gasteiger partial charge in [-0.25, -0.2) is 9.97 Å². The Morgan fingerprint density at radius 2 is 2.10 bits per heavy atom. The molecule has 118 valence electrons. The topological polar surface area (TPSA) is 50.3 Å². The van der Waals surface area contributed by atoms with Crippen molar-refractivity contribution in [1.29, 1.82) is 0 Å². The van der Waals surface area contributed by atoms with Gasteiger partial charge < -0.3 is 10.1 Å². The highest BCUT2D eigenvalue weighted by molar-refractivity contribution is 5.26. The van der Waals surface area contributed by atoms with E-state index in [1.165, 1.54) is 0 Å². The number of rotatable bonds is 5. The fourth-order valence-corrected chi connectivity index (χ4v) is 2.16. The van der Waals surface area contributed by atoms with Crippen molar-refractivity contribution < 1.29 is 17.9 Å². The molecule has 5 nitrogen and oxygen atoms in total. The second-order valence-electron chi connectivity index (χ2n) is 5.16. The minimum absolute atomic E-state index is 0.0126. The van der Waals surface area contributed by atoms with Crippen LogP contribution in [-0.2, 0) is 10.9 Å². The van der Waals surface area contributed by atoms with E-state index in [4.69, 9.17) is 4.74 Å². The zero-order valence-electron chi connectivity index (χ0n) is 11.9. The molecule has 1 atom stereocenters. The number of morpholine rings is 1. The number of nitrogens with zero attached hydrogens (tertiary/aromatic N) is 3. The normalized spacial score (nSPS) is 18.5. The van der Waals surface area contributed by atoms with E-state index in [0.29, 0.717) is 6.54 Å².